The average Bonchev–Trinajstić information content (AvgIpc) is 2.00. The van der Waals surface area contributed by atoms with Crippen molar-refractivity contribution in [2.24, 2.45) is 0 Å². The third-order valence-electron chi connectivity index (χ3n) is 1.54. The Labute approximate surface area is 85.8 Å². The molecule has 3 N–H and O–H groups in total. The van der Waals surface area contributed by atoms with Crippen molar-refractivity contribution in [2.45, 2.75) is 32.0 Å². The van der Waals surface area contributed by atoms with Crippen LogP contribution in [0.3, 0.4) is 0 Å². The molecular weight excluding hydrogens is 213 g/mol. The standard InChI is InChI=1S/C8H15F3N2O2/c1-6(14)2-4-12-7(15)13-5-3-8(9,10)11/h6,14H,2-5H2,1H3,(H2,12,13,15). The first kappa shape index (κ1) is 14.0. The molecule has 0 radical (unpaired) electrons. The van der Waals surface area contributed by atoms with Crippen LogP contribution < -0.4 is 10.6 Å². The van der Waals surface area contributed by atoms with E-state index in [0.717, 1.165) is 0 Å². The second-order valence-electron chi connectivity index (χ2n) is 3.19. The van der Waals surface area contributed by atoms with E-state index in [1.54, 1.807) is 6.92 Å². The number of nitrogens with one attached hydrogen (secondary N) is 2. The summed E-state index contributed by atoms with van der Waals surface area (Å²) in [5, 5.41) is 13.2. The van der Waals surface area contributed by atoms with Crippen molar-refractivity contribution < 1.29 is 23.1 Å². The number of carbonyl (C=O) groups is 1. The number of urea groups is 1. The summed E-state index contributed by atoms with van der Waals surface area (Å²) in [5.74, 6) is 0. The van der Waals surface area contributed by atoms with Gasteiger partial charge < -0.3 is 15.7 Å². The number of hydrogen-bond donors (Lipinski definition) is 3. The Morgan fingerprint density at radius 3 is 2.33 bits per heavy atom. The molecule has 0 saturated carbocycles. The van der Waals surface area contributed by atoms with E-state index in [2.05, 4.69) is 10.6 Å². The van der Waals surface area contributed by atoms with E-state index in [4.69, 9.17) is 5.11 Å². The van der Waals surface area contributed by atoms with Crippen LogP contribution in [0.5, 0.6) is 0 Å². The third-order valence-corrected chi connectivity index (χ3v) is 1.54. The molecule has 0 aromatic rings. The van der Waals surface area contributed by atoms with Crippen LogP contribution >= 0.6 is 0 Å². The van der Waals surface area contributed by atoms with Gasteiger partial charge in [0.2, 0.25) is 0 Å². The van der Waals surface area contributed by atoms with Crippen molar-refractivity contribution in [2.75, 3.05) is 13.1 Å². The van der Waals surface area contributed by atoms with Gasteiger partial charge in [0.05, 0.1) is 12.5 Å². The number of hydrogen-bond acceptors (Lipinski definition) is 2. The molecule has 0 aliphatic carbocycles. The van der Waals surface area contributed by atoms with Crippen LogP contribution in [0, 0.1) is 0 Å². The highest BCUT2D eigenvalue weighted by atomic mass is 19.4. The molecule has 0 aliphatic heterocycles. The maximum absolute atomic E-state index is 11.7. The van der Waals surface area contributed by atoms with Crippen LogP contribution in [0.4, 0.5) is 18.0 Å². The molecule has 1 atom stereocenters. The number of carbonyl (C=O) groups excluding carboxylic acids is 1. The summed E-state index contributed by atoms with van der Waals surface area (Å²) in [7, 11) is 0. The van der Waals surface area contributed by atoms with Crippen molar-refractivity contribution in [1.82, 2.24) is 10.6 Å². The van der Waals surface area contributed by atoms with E-state index in [0.29, 0.717) is 6.42 Å². The molecule has 90 valence electrons. The Morgan fingerprint density at radius 2 is 1.87 bits per heavy atom. The molecule has 0 heterocycles. The highest BCUT2D eigenvalue weighted by molar-refractivity contribution is 5.73. The topological polar surface area (TPSA) is 61.4 Å². The van der Waals surface area contributed by atoms with Crippen LogP contribution in [0.15, 0.2) is 0 Å². The molecule has 7 heteroatoms. The zero-order valence-corrected chi connectivity index (χ0v) is 8.40. The maximum Gasteiger partial charge on any atom is 0.390 e. The minimum atomic E-state index is -4.26. The molecule has 0 aromatic heterocycles. The van der Waals surface area contributed by atoms with Gasteiger partial charge in [-0.1, -0.05) is 0 Å². The number of halogens is 3. The fraction of sp³-hybridized carbons (Fsp3) is 0.875. The molecule has 0 spiro atoms. The lowest BCUT2D eigenvalue weighted by Crippen LogP contribution is -2.38. The summed E-state index contributed by atoms with van der Waals surface area (Å²) < 4.78 is 35.0. The van der Waals surface area contributed by atoms with Gasteiger partial charge in [-0.3, -0.25) is 0 Å². The fourth-order valence-corrected chi connectivity index (χ4v) is 0.775. The van der Waals surface area contributed by atoms with Crippen LogP contribution in [-0.2, 0) is 0 Å². The molecule has 0 fully saturated rings. The fourth-order valence-electron chi connectivity index (χ4n) is 0.775. The van der Waals surface area contributed by atoms with E-state index in [9.17, 15) is 18.0 Å². The monoisotopic (exact) mass is 228 g/mol. The zero-order chi connectivity index (χ0) is 11.9. The van der Waals surface area contributed by atoms with E-state index >= 15 is 0 Å². The minimum Gasteiger partial charge on any atom is -0.393 e. The van der Waals surface area contributed by atoms with Crippen LogP contribution in [0.2, 0.25) is 0 Å². The van der Waals surface area contributed by atoms with Crippen molar-refractivity contribution >= 4 is 6.03 Å². The number of amides is 2. The minimum absolute atomic E-state index is 0.232. The predicted molar refractivity (Wildman–Crippen MR) is 48.4 cm³/mol. The highest BCUT2D eigenvalue weighted by Gasteiger charge is 2.26. The second kappa shape index (κ2) is 6.49. The largest absolute Gasteiger partial charge is 0.393 e. The van der Waals surface area contributed by atoms with Gasteiger partial charge in [0, 0.05) is 13.1 Å². The number of alkyl halides is 3. The quantitative estimate of drug-likeness (QED) is 0.657. The molecule has 0 aromatic carbocycles. The Bertz CT molecular complexity index is 195. The molecular formula is C8H15F3N2O2. The lowest BCUT2D eigenvalue weighted by atomic mass is 10.3. The molecule has 0 saturated heterocycles. The predicted octanol–water partition coefficient (Wildman–Crippen LogP) is 1.01. The number of aliphatic hydroxyl groups excluding tert-OH is 1. The summed E-state index contributed by atoms with van der Waals surface area (Å²) in [6.45, 7) is 1.35. The van der Waals surface area contributed by atoms with Crippen LogP contribution in [0.1, 0.15) is 19.8 Å². The first-order valence-electron chi connectivity index (χ1n) is 4.58. The Hall–Kier alpha value is -0.980. The summed E-state index contributed by atoms with van der Waals surface area (Å²) in [4.78, 5) is 10.8. The number of aliphatic hydroxyl groups is 1. The van der Waals surface area contributed by atoms with Crippen LogP contribution in [-0.4, -0.2) is 36.5 Å². The summed E-state index contributed by atoms with van der Waals surface area (Å²) in [6, 6.07) is -0.653. The van der Waals surface area contributed by atoms with Gasteiger partial charge in [0.15, 0.2) is 0 Å². The first-order chi connectivity index (χ1) is 6.81. The van der Waals surface area contributed by atoms with E-state index < -0.39 is 31.3 Å². The van der Waals surface area contributed by atoms with E-state index in [1.807, 2.05) is 0 Å². The van der Waals surface area contributed by atoms with Crippen molar-refractivity contribution in [3.63, 3.8) is 0 Å². The second-order valence-corrected chi connectivity index (χ2v) is 3.19. The van der Waals surface area contributed by atoms with Gasteiger partial charge in [0.25, 0.3) is 0 Å². The normalized spacial score (nSPS) is 13.4. The molecule has 1 unspecified atom stereocenters. The van der Waals surface area contributed by atoms with E-state index in [1.165, 1.54) is 0 Å². The van der Waals surface area contributed by atoms with E-state index in [-0.39, 0.29) is 6.54 Å². The van der Waals surface area contributed by atoms with Crippen molar-refractivity contribution in [1.29, 1.82) is 0 Å². The van der Waals surface area contributed by atoms with Crippen molar-refractivity contribution in [3.05, 3.63) is 0 Å². The van der Waals surface area contributed by atoms with Gasteiger partial charge in [-0.15, -0.1) is 0 Å². The van der Waals surface area contributed by atoms with Gasteiger partial charge in [-0.2, -0.15) is 13.2 Å². The average molecular weight is 228 g/mol. The Balaban J connectivity index is 3.42. The smallest absolute Gasteiger partial charge is 0.390 e. The summed E-state index contributed by atoms with van der Waals surface area (Å²) in [5.41, 5.74) is 0. The molecule has 0 rings (SSSR count). The lowest BCUT2D eigenvalue weighted by molar-refractivity contribution is -0.132. The van der Waals surface area contributed by atoms with Gasteiger partial charge in [-0.25, -0.2) is 4.79 Å². The van der Waals surface area contributed by atoms with Gasteiger partial charge in [0.1, 0.15) is 0 Å². The Morgan fingerprint density at radius 1 is 1.33 bits per heavy atom. The zero-order valence-electron chi connectivity index (χ0n) is 8.40. The van der Waals surface area contributed by atoms with Crippen molar-refractivity contribution in [3.8, 4) is 0 Å². The molecule has 2 amide bonds. The van der Waals surface area contributed by atoms with Gasteiger partial charge in [-0.05, 0) is 13.3 Å². The third kappa shape index (κ3) is 10.9. The van der Waals surface area contributed by atoms with Crippen LogP contribution in [0.25, 0.3) is 0 Å². The van der Waals surface area contributed by atoms with Gasteiger partial charge >= 0.3 is 12.2 Å². The maximum atomic E-state index is 11.7. The number of rotatable bonds is 5. The highest BCUT2D eigenvalue weighted by Crippen LogP contribution is 2.17. The summed E-state index contributed by atoms with van der Waals surface area (Å²) >= 11 is 0. The molecule has 15 heavy (non-hydrogen) atoms. The molecule has 0 aliphatic rings. The first-order valence-corrected chi connectivity index (χ1v) is 4.58. The lowest BCUT2D eigenvalue weighted by Gasteiger charge is -2.09. The summed E-state index contributed by atoms with van der Waals surface area (Å²) in [6.07, 6.45) is -5.48. The Kier molecular flexibility index (Phi) is 6.07. The SMILES string of the molecule is CC(O)CCNC(=O)NCCC(F)(F)F. The molecule has 0 bridgehead atoms. The molecule has 4 nitrogen and oxygen atoms in total.